The molecule has 1 atom stereocenters. The molecule has 1 unspecified atom stereocenters. The van der Waals surface area contributed by atoms with Crippen molar-refractivity contribution in [1.29, 1.82) is 0 Å². The fourth-order valence-electron chi connectivity index (χ4n) is 3.66. The van der Waals surface area contributed by atoms with Crippen LogP contribution in [0.3, 0.4) is 0 Å². The lowest BCUT2D eigenvalue weighted by atomic mass is 10.1. The Hall–Kier alpha value is -2.44. The van der Waals surface area contributed by atoms with Gasteiger partial charge in [-0.15, -0.1) is 0 Å². The lowest BCUT2D eigenvalue weighted by Gasteiger charge is -2.20. The van der Waals surface area contributed by atoms with Crippen molar-refractivity contribution in [1.82, 2.24) is 19.9 Å². The van der Waals surface area contributed by atoms with Gasteiger partial charge in [0.15, 0.2) is 0 Å². The summed E-state index contributed by atoms with van der Waals surface area (Å²) in [6.45, 7) is 5.67. The van der Waals surface area contributed by atoms with Crippen LogP contribution in [-0.4, -0.2) is 46.1 Å². The minimum atomic E-state index is -0.0592. The maximum atomic E-state index is 12.1. The zero-order valence-electron chi connectivity index (χ0n) is 13.9. The highest BCUT2D eigenvalue weighted by Crippen LogP contribution is 2.30. The molecule has 7 nitrogen and oxygen atoms in total. The molecule has 2 fully saturated rings. The van der Waals surface area contributed by atoms with E-state index in [1.807, 2.05) is 6.92 Å². The van der Waals surface area contributed by atoms with Gasteiger partial charge < -0.3 is 9.80 Å². The molecule has 2 aromatic rings. The summed E-state index contributed by atoms with van der Waals surface area (Å²) in [5.41, 5.74) is 1.77. The van der Waals surface area contributed by atoms with Crippen molar-refractivity contribution in [2.45, 2.75) is 32.1 Å². The van der Waals surface area contributed by atoms with Crippen LogP contribution in [-0.2, 0) is 0 Å². The Labute approximate surface area is 140 Å². The van der Waals surface area contributed by atoms with Gasteiger partial charge in [0.05, 0.1) is 11.4 Å². The molecule has 0 aliphatic carbocycles. The van der Waals surface area contributed by atoms with E-state index in [-0.39, 0.29) is 11.5 Å². The second-order valence-corrected chi connectivity index (χ2v) is 6.58. The third-order valence-electron chi connectivity index (χ3n) is 4.92. The summed E-state index contributed by atoms with van der Waals surface area (Å²) in [6, 6.07) is 1.65. The molecule has 2 aliphatic heterocycles. The Kier molecular flexibility index (Phi) is 3.92. The number of aromatic amines is 1. The van der Waals surface area contributed by atoms with Gasteiger partial charge in [-0.3, -0.25) is 14.8 Å². The number of H-pyrrole nitrogens is 1. The fourth-order valence-corrected chi connectivity index (χ4v) is 3.66. The smallest absolute Gasteiger partial charge is 0.252 e. The van der Waals surface area contributed by atoms with Crippen molar-refractivity contribution in [3.63, 3.8) is 0 Å². The van der Waals surface area contributed by atoms with Crippen molar-refractivity contribution in [2.75, 3.05) is 36.0 Å². The van der Waals surface area contributed by atoms with Gasteiger partial charge in [0.25, 0.3) is 5.56 Å². The molecule has 4 rings (SSSR count). The first-order valence-corrected chi connectivity index (χ1v) is 8.59. The average molecular weight is 326 g/mol. The van der Waals surface area contributed by atoms with Crippen LogP contribution in [0.4, 0.5) is 11.8 Å². The van der Waals surface area contributed by atoms with Crippen LogP contribution in [0.25, 0.3) is 0 Å². The molecule has 2 saturated heterocycles. The van der Waals surface area contributed by atoms with E-state index in [1.54, 1.807) is 18.5 Å². The van der Waals surface area contributed by atoms with Crippen molar-refractivity contribution >= 4 is 11.8 Å². The van der Waals surface area contributed by atoms with Crippen LogP contribution < -0.4 is 15.4 Å². The summed E-state index contributed by atoms with van der Waals surface area (Å²) in [4.78, 5) is 32.9. The summed E-state index contributed by atoms with van der Waals surface area (Å²) in [7, 11) is 0. The number of nitrogens with zero attached hydrogens (tertiary/aromatic N) is 5. The van der Waals surface area contributed by atoms with Crippen LogP contribution in [0.15, 0.2) is 23.3 Å². The van der Waals surface area contributed by atoms with Crippen LogP contribution in [0.1, 0.15) is 36.6 Å². The van der Waals surface area contributed by atoms with Gasteiger partial charge in [0, 0.05) is 50.6 Å². The Balaban J connectivity index is 1.57. The number of anilines is 2. The second kappa shape index (κ2) is 6.22. The molecule has 0 bridgehead atoms. The summed E-state index contributed by atoms with van der Waals surface area (Å²) >= 11 is 0. The van der Waals surface area contributed by atoms with Gasteiger partial charge in [-0.05, 0) is 26.2 Å². The number of rotatable bonds is 3. The minimum Gasteiger partial charge on any atom is -0.354 e. The average Bonchev–Trinajstić information content (AvgIpc) is 3.27. The number of hydrogen-bond donors (Lipinski definition) is 1. The highest BCUT2D eigenvalue weighted by Gasteiger charge is 2.28. The fraction of sp³-hybridized carbons (Fsp3) is 0.529. The molecule has 0 radical (unpaired) electrons. The van der Waals surface area contributed by atoms with Gasteiger partial charge in [-0.25, -0.2) is 9.97 Å². The molecule has 0 aromatic carbocycles. The van der Waals surface area contributed by atoms with Crippen molar-refractivity contribution in [2.24, 2.45) is 0 Å². The van der Waals surface area contributed by atoms with Crippen molar-refractivity contribution in [3.05, 3.63) is 40.2 Å². The van der Waals surface area contributed by atoms with E-state index in [0.29, 0.717) is 0 Å². The summed E-state index contributed by atoms with van der Waals surface area (Å²) in [5, 5.41) is 0. The maximum Gasteiger partial charge on any atom is 0.252 e. The van der Waals surface area contributed by atoms with Gasteiger partial charge in [-0.2, -0.15) is 0 Å². The van der Waals surface area contributed by atoms with Crippen molar-refractivity contribution in [3.8, 4) is 0 Å². The van der Waals surface area contributed by atoms with Crippen LogP contribution in [0.5, 0.6) is 0 Å². The summed E-state index contributed by atoms with van der Waals surface area (Å²) < 4.78 is 0. The van der Waals surface area contributed by atoms with E-state index >= 15 is 0 Å². The lowest BCUT2D eigenvalue weighted by molar-refractivity contribution is 0.728. The number of nitrogens with one attached hydrogen (secondary N) is 1. The van der Waals surface area contributed by atoms with E-state index in [0.717, 1.165) is 68.6 Å². The highest BCUT2D eigenvalue weighted by molar-refractivity contribution is 5.44. The maximum absolute atomic E-state index is 12.1. The molecule has 24 heavy (non-hydrogen) atoms. The lowest BCUT2D eigenvalue weighted by Crippen LogP contribution is -2.26. The Bertz CT molecular complexity index is 783. The monoisotopic (exact) mass is 326 g/mol. The predicted molar refractivity (Wildman–Crippen MR) is 92.6 cm³/mol. The van der Waals surface area contributed by atoms with E-state index in [9.17, 15) is 4.79 Å². The third-order valence-corrected chi connectivity index (χ3v) is 4.92. The molecule has 0 amide bonds. The Morgan fingerprint density at radius 2 is 1.92 bits per heavy atom. The van der Waals surface area contributed by atoms with E-state index in [2.05, 4.69) is 24.8 Å². The zero-order chi connectivity index (χ0) is 16.5. The molecule has 2 aromatic heterocycles. The van der Waals surface area contributed by atoms with Gasteiger partial charge in [0.2, 0.25) is 5.95 Å². The summed E-state index contributed by atoms with van der Waals surface area (Å²) in [6.07, 6.45) is 6.75. The first-order chi connectivity index (χ1) is 11.7. The van der Waals surface area contributed by atoms with Gasteiger partial charge in [0.1, 0.15) is 5.82 Å². The molecule has 1 N–H and O–H groups in total. The third kappa shape index (κ3) is 2.86. The Morgan fingerprint density at radius 3 is 2.71 bits per heavy atom. The molecule has 2 aliphatic rings. The van der Waals surface area contributed by atoms with Crippen molar-refractivity contribution < 1.29 is 0 Å². The summed E-state index contributed by atoms with van der Waals surface area (Å²) in [5.74, 6) is 1.92. The highest BCUT2D eigenvalue weighted by atomic mass is 16.1. The largest absolute Gasteiger partial charge is 0.354 e. The molecule has 7 heteroatoms. The molecule has 4 heterocycles. The predicted octanol–water partition coefficient (Wildman–Crippen LogP) is 1.46. The second-order valence-electron chi connectivity index (χ2n) is 6.58. The van der Waals surface area contributed by atoms with E-state index < -0.39 is 0 Å². The van der Waals surface area contributed by atoms with Crippen LogP contribution in [0.2, 0.25) is 0 Å². The first kappa shape index (κ1) is 15.1. The molecule has 0 saturated carbocycles. The standard InChI is InChI=1S/C17H22N6O/c1-12-16(19-6-5-18-12)23-9-4-13(11-23)14-10-15(24)21-17(20-14)22-7-2-3-8-22/h5-6,10,13H,2-4,7-9,11H2,1H3,(H,20,21,24). The van der Waals surface area contributed by atoms with Gasteiger partial charge in [-0.1, -0.05) is 0 Å². The molecular weight excluding hydrogens is 304 g/mol. The van der Waals surface area contributed by atoms with Crippen LogP contribution >= 0.6 is 0 Å². The molecular formula is C17H22N6O. The number of hydrogen-bond acceptors (Lipinski definition) is 6. The quantitative estimate of drug-likeness (QED) is 0.920. The SMILES string of the molecule is Cc1nccnc1N1CCC(c2cc(=O)[nH]c(N3CCCC3)n2)C1. The molecule has 126 valence electrons. The van der Waals surface area contributed by atoms with Gasteiger partial charge >= 0.3 is 0 Å². The molecule has 0 spiro atoms. The normalized spacial score (nSPS) is 20.8. The van der Waals surface area contributed by atoms with E-state index in [4.69, 9.17) is 4.98 Å². The number of aryl methyl sites for hydroxylation is 1. The zero-order valence-corrected chi connectivity index (χ0v) is 13.9. The first-order valence-electron chi connectivity index (χ1n) is 8.59. The number of aromatic nitrogens is 4. The minimum absolute atomic E-state index is 0.0592. The van der Waals surface area contributed by atoms with Crippen LogP contribution in [0, 0.1) is 6.92 Å². The van der Waals surface area contributed by atoms with E-state index in [1.165, 1.54) is 0 Å². The Morgan fingerprint density at radius 1 is 1.12 bits per heavy atom. The topological polar surface area (TPSA) is 78.0 Å².